The van der Waals surface area contributed by atoms with E-state index in [9.17, 15) is 14.3 Å². The third kappa shape index (κ3) is 35.3. The monoisotopic (exact) mass is 681 g/mol. The molecular formula is C38H68NO7P. The van der Waals surface area contributed by atoms with Gasteiger partial charge in [0, 0.05) is 13.2 Å². The lowest BCUT2D eigenvalue weighted by Crippen LogP contribution is -2.28. The largest absolute Gasteiger partial charge is 0.472 e. The molecule has 0 aromatic heterocycles. The van der Waals surface area contributed by atoms with Crippen molar-refractivity contribution in [2.75, 3.05) is 33.0 Å². The average molecular weight is 682 g/mol. The first-order valence-corrected chi connectivity index (χ1v) is 19.8. The van der Waals surface area contributed by atoms with Crippen LogP contribution in [-0.4, -0.2) is 49.9 Å². The number of phosphoric ester groups is 1. The smallest absolute Gasteiger partial charge is 0.457 e. The van der Waals surface area contributed by atoms with Crippen LogP contribution in [-0.2, 0) is 27.9 Å². The number of hydrogen-bond donors (Lipinski definition) is 2. The van der Waals surface area contributed by atoms with E-state index >= 15 is 0 Å². The Morgan fingerprint density at radius 1 is 0.638 bits per heavy atom. The Morgan fingerprint density at radius 2 is 1.11 bits per heavy atom. The van der Waals surface area contributed by atoms with Crippen LogP contribution in [0.3, 0.4) is 0 Å². The van der Waals surface area contributed by atoms with E-state index in [0.29, 0.717) is 13.0 Å². The number of ether oxygens (including phenoxy) is 2. The minimum Gasteiger partial charge on any atom is -0.457 e. The SMILES string of the molecule is CC/C=C\C/C=C\C/C=C\C/C=C\C/C=C\CC(=O)OC(COCCCCCCCCCCCCCCC)COP(=O)(O)OCCN. The molecule has 0 aliphatic carbocycles. The highest BCUT2D eigenvalue weighted by Crippen LogP contribution is 2.43. The fraction of sp³-hybridized carbons (Fsp3) is 0.711. The summed E-state index contributed by atoms with van der Waals surface area (Å²) < 4.78 is 33.1. The number of carbonyl (C=O) groups excluding carboxylic acids is 1. The molecule has 47 heavy (non-hydrogen) atoms. The number of nitrogens with two attached hydrogens (primary N) is 1. The van der Waals surface area contributed by atoms with Gasteiger partial charge in [0.2, 0.25) is 0 Å². The van der Waals surface area contributed by atoms with E-state index in [-0.39, 0.29) is 32.8 Å². The van der Waals surface area contributed by atoms with Crippen molar-refractivity contribution in [2.45, 2.75) is 142 Å². The van der Waals surface area contributed by atoms with E-state index in [1.54, 1.807) is 6.08 Å². The second kappa shape index (κ2) is 35.5. The first kappa shape index (κ1) is 45.2. The fourth-order valence-corrected chi connectivity index (χ4v) is 5.37. The number of hydrogen-bond acceptors (Lipinski definition) is 7. The highest BCUT2D eigenvalue weighted by molar-refractivity contribution is 7.47. The zero-order chi connectivity index (χ0) is 34.5. The first-order valence-electron chi connectivity index (χ1n) is 18.3. The third-order valence-electron chi connectivity index (χ3n) is 7.23. The minimum absolute atomic E-state index is 0.0759. The second-order valence-corrected chi connectivity index (χ2v) is 13.2. The Labute approximate surface area is 287 Å². The molecule has 0 heterocycles. The van der Waals surface area contributed by atoms with Gasteiger partial charge in [0.1, 0.15) is 6.10 Å². The number of allylic oxidation sites excluding steroid dienone is 9. The van der Waals surface area contributed by atoms with Gasteiger partial charge < -0.3 is 20.1 Å². The summed E-state index contributed by atoms with van der Waals surface area (Å²) in [7, 11) is -4.29. The van der Waals surface area contributed by atoms with Gasteiger partial charge in [-0.2, -0.15) is 0 Å². The predicted octanol–water partition coefficient (Wildman–Crippen LogP) is 10.2. The minimum atomic E-state index is -4.29. The molecule has 0 saturated carbocycles. The molecule has 0 aliphatic heterocycles. The first-order chi connectivity index (χ1) is 22.9. The summed E-state index contributed by atoms with van der Waals surface area (Å²) >= 11 is 0. The van der Waals surface area contributed by atoms with Crippen molar-refractivity contribution in [2.24, 2.45) is 5.73 Å². The van der Waals surface area contributed by atoms with Gasteiger partial charge in [-0.1, -0.05) is 152 Å². The Morgan fingerprint density at radius 3 is 1.60 bits per heavy atom. The fourth-order valence-electron chi connectivity index (χ4n) is 4.60. The molecule has 0 bridgehead atoms. The molecule has 2 unspecified atom stereocenters. The summed E-state index contributed by atoms with van der Waals surface area (Å²) in [6.07, 6.45) is 41.2. The summed E-state index contributed by atoms with van der Waals surface area (Å²) in [6.45, 7) is 4.65. The summed E-state index contributed by atoms with van der Waals surface area (Å²) in [5.41, 5.74) is 5.34. The highest BCUT2D eigenvalue weighted by Gasteiger charge is 2.25. The van der Waals surface area contributed by atoms with Crippen LogP contribution >= 0.6 is 7.82 Å². The molecule has 3 N–H and O–H groups in total. The molecule has 0 spiro atoms. The molecule has 272 valence electrons. The van der Waals surface area contributed by atoms with Crippen molar-refractivity contribution in [3.63, 3.8) is 0 Å². The van der Waals surface area contributed by atoms with Crippen LogP contribution in [0.4, 0.5) is 0 Å². The van der Waals surface area contributed by atoms with Gasteiger partial charge in [-0.15, -0.1) is 0 Å². The molecule has 9 heteroatoms. The van der Waals surface area contributed by atoms with E-state index in [1.807, 2.05) is 6.08 Å². The van der Waals surface area contributed by atoms with Gasteiger partial charge in [-0.25, -0.2) is 4.57 Å². The Bertz CT molecular complexity index is 900. The van der Waals surface area contributed by atoms with Crippen LogP contribution < -0.4 is 5.73 Å². The van der Waals surface area contributed by atoms with Crippen molar-refractivity contribution < 1.29 is 32.8 Å². The molecule has 0 rings (SSSR count). The molecule has 0 fully saturated rings. The highest BCUT2D eigenvalue weighted by atomic mass is 31.2. The van der Waals surface area contributed by atoms with Crippen molar-refractivity contribution in [1.82, 2.24) is 0 Å². The van der Waals surface area contributed by atoms with Gasteiger partial charge in [0.15, 0.2) is 0 Å². The van der Waals surface area contributed by atoms with E-state index < -0.39 is 19.9 Å². The molecule has 0 saturated heterocycles. The Balaban J connectivity index is 4.27. The number of carbonyl (C=O) groups is 1. The van der Waals surface area contributed by atoms with Crippen LogP contribution in [0.5, 0.6) is 0 Å². The zero-order valence-corrected chi connectivity index (χ0v) is 30.6. The molecule has 0 amide bonds. The van der Waals surface area contributed by atoms with Gasteiger partial charge in [0.05, 0.1) is 26.2 Å². The standard InChI is InChI=1S/C38H68NO7P/c1-3-5-7-9-11-13-15-17-18-19-21-23-25-27-29-31-38(40)46-37(36-45-47(41,42)44-34-32-39)35-43-33-30-28-26-24-22-20-16-14-12-10-8-6-4-2/h5,7,11,13,17-18,21,23,27,29,37H,3-4,6,8-10,12,14-16,19-20,22,24-26,28,30-36,39H2,1-2H3,(H,41,42)/b7-5-,13-11-,18-17-,23-21-,29-27-. The van der Waals surface area contributed by atoms with Gasteiger partial charge in [0.25, 0.3) is 0 Å². The maximum Gasteiger partial charge on any atom is 0.472 e. The van der Waals surface area contributed by atoms with E-state index in [2.05, 4.69) is 62.5 Å². The third-order valence-corrected chi connectivity index (χ3v) is 8.22. The molecule has 0 radical (unpaired) electrons. The molecule has 2 atom stereocenters. The molecule has 0 aliphatic rings. The number of unbranched alkanes of at least 4 members (excludes halogenated alkanes) is 12. The predicted molar refractivity (Wildman–Crippen MR) is 196 cm³/mol. The van der Waals surface area contributed by atoms with Crippen molar-refractivity contribution in [3.05, 3.63) is 60.8 Å². The lowest BCUT2D eigenvalue weighted by molar-refractivity contribution is -0.153. The quantitative estimate of drug-likeness (QED) is 0.0298. The number of rotatable bonds is 34. The van der Waals surface area contributed by atoms with Gasteiger partial charge >= 0.3 is 13.8 Å². The van der Waals surface area contributed by atoms with Crippen LogP contribution in [0, 0.1) is 0 Å². The van der Waals surface area contributed by atoms with Crippen molar-refractivity contribution >= 4 is 13.8 Å². The average Bonchev–Trinajstić information content (AvgIpc) is 3.06. The molecule has 0 aromatic rings. The second-order valence-electron chi connectivity index (χ2n) is 11.7. The van der Waals surface area contributed by atoms with Crippen LogP contribution in [0.2, 0.25) is 0 Å². The van der Waals surface area contributed by atoms with Crippen LogP contribution in [0.15, 0.2) is 60.8 Å². The van der Waals surface area contributed by atoms with Crippen LogP contribution in [0.25, 0.3) is 0 Å². The van der Waals surface area contributed by atoms with Gasteiger partial charge in [-0.05, 0) is 38.5 Å². The number of esters is 1. The van der Waals surface area contributed by atoms with Crippen molar-refractivity contribution in [3.8, 4) is 0 Å². The lowest BCUT2D eigenvalue weighted by atomic mass is 10.0. The van der Waals surface area contributed by atoms with E-state index in [0.717, 1.165) is 38.5 Å². The Hall–Kier alpha value is -1.80. The van der Waals surface area contributed by atoms with E-state index in [4.69, 9.17) is 24.3 Å². The summed E-state index contributed by atoms with van der Waals surface area (Å²) in [4.78, 5) is 22.3. The number of phosphoric acid groups is 1. The van der Waals surface area contributed by atoms with Crippen LogP contribution in [0.1, 0.15) is 136 Å². The van der Waals surface area contributed by atoms with E-state index in [1.165, 1.54) is 70.6 Å². The molecular weight excluding hydrogens is 613 g/mol. The lowest BCUT2D eigenvalue weighted by Gasteiger charge is -2.19. The normalized spacial score (nSPS) is 14.4. The summed E-state index contributed by atoms with van der Waals surface area (Å²) in [5, 5.41) is 0. The topological polar surface area (TPSA) is 117 Å². The summed E-state index contributed by atoms with van der Waals surface area (Å²) in [6, 6.07) is 0. The van der Waals surface area contributed by atoms with Gasteiger partial charge in [-0.3, -0.25) is 13.8 Å². The zero-order valence-electron chi connectivity index (χ0n) is 29.7. The maximum absolute atomic E-state index is 12.4. The maximum atomic E-state index is 12.4. The summed E-state index contributed by atoms with van der Waals surface area (Å²) in [5.74, 6) is -0.458. The van der Waals surface area contributed by atoms with Crippen molar-refractivity contribution in [1.29, 1.82) is 0 Å². The molecule has 8 nitrogen and oxygen atoms in total. The molecule has 0 aromatic carbocycles. The Kier molecular flexibility index (Phi) is 34.1.